The van der Waals surface area contributed by atoms with Crippen LogP contribution in [-0.2, 0) is 17.5 Å². The Morgan fingerprint density at radius 1 is 1.12 bits per heavy atom. The quantitative estimate of drug-likeness (QED) is 0.716. The van der Waals surface area contributed by atoms with E-state index in [-0.39, 0.29) is 5.91 Å². The van der Waals surface area contributed by atoms with E-state index in [9.17, 15) is 18.0 Å². The van der Waals surface area contributed by atoms with E-state index in [2.05, 4.69) is 5.32 Å². The second-order valence-corrected chi connectivity index (χ2v) is 6.81. The minimum atomic E-state index is -4.37. The van der Waals surface area contributed by atoms with Crippen LogP contribution in [0.1, 0.15) is 18.1 Å². The molecule has 0 aromatic heterocycles. The van der Waals surface area contributed by atoms with Crippen molar-refractivity contribution in [2.75, 3.05) is 12.4 Å². The Kier molecular flexibility index (Phi) is 6.55. The molecule has 2 aromatic rings. The molecule has 1 atom stereocenters. The van der Waals surface area contributed by atoms with E-state index in [4.69, 9.17) is 23.2 Å². The molecule has 0 saturated heterocycles. The molecule has 0 spiro atoms. The predicted molar refractivity (Wildman–Crippen MR) is 97.5 cm³/mol. The normalized spacial score (nSPS) is 12.9. The Bertz CT molecular complexity index is 759. The van der Waals surface area contributed by atoms with Crippen molar-refractivity contribution in [3.63, 3.8) is 0 Å². The second kappa shape index (κ2) is 8.29. The van der Waals surface area contributed by atoms with Gasteiger partial charge in [0.15, 0.2) is 0 Å². The van der Waals surface area contributed by atoms with Crippen LogP contribution in [0.5, 0.6) is 0 Å². The van der Waals surface area contributed by atoms with Crippen LogP contribution in [0, 0.1) is 0 Å². The first-order valence-corrected chi connectivity index (χ1v) is 8.45. The van der Waals surface area contributed by atoms with Crippen molar-refractivity contribution in [3.05, 3.63) is 63.6 Å². The monoisotopic (exact) mass is 404 g/mol. The lowest BCUT2D eigenvalue weighted by atomic mass is 10.1. The van der Waals surface area contributed by atoms with Crippen molar-refractivity contribution in [2.24, 2.45) is 0 Å². The van der Waals surface area contributed by atoms with E-state index >= 15 is 0 Å². The van der Waals surface area contributed by atoms with Crippen molar-refractivity contribution in [1.82, 2.24) is 4.90 Å². The molecular formula is C18H17Cl2F3N2O. The number of carbonyl (C=O) groups is 1. The number of alkyl halides is 3. The molecule has 0 unspecified atom stereocenters. The minimum Gasteiger partial charge on any atom is -0.325 e. The van der Waals surface area contributed by atoms with Crippen LogP contribution in [0.25, 0.3) is 0 Å². The van der Waals surface area contributed by atoms with Gasteiger partial charge in [0.25, 0.3) is 0 Å². The number of halogens is 5. The minimum absolute atomic E-state index is 0.280. The van der Waals surface area contributed by atoms with Crippen LogP contribution in [0.2, 0.25) is 10.0 Å². The number of carbonyl (C=O) groups excluding carboxylic acids is 1. The van der Waals surface area contributed by atoms with Gasteiger partial charge in [0.1, 0.15) is 0 Å². The van der Waals surface area contributed by atoms with Gasteiger partial charge < -0.3 is 5.32 Å². The van der Waals surface area contributed by atoms with Crippen LogP contribution >= 0.6 is 23.2 Å². The largest absolute Gasteiger partial charge is 0.416 e. The highest BCUT2D eigenvalue weighted by atomic mass is 35.5. The first-order chi connectivity index (χ1) is 12.1. The predicted octanol–water partition coefficient (Wildman–Crippen LogP) is 5.47. The second-order valence-electron chi connectivity index (χ2n) is 5.93. The Labute approximate surface area is 159 Å². The van der Waals surface area contributed by atoms with Gasteiger partial charge in [0.05, 0.1) is 11.6 Å². The number of hydrogen-bond donors (Lipinski definition) is 1. The van der Waals surface area contributed by atoms with E-state index in [1.165, 1.54) is 12.1 Å². The average molecular weight is 405 g/mol. The zero-order valence-corrected chi connectivity index (χ0v) is 15.6. The molecule has 2 rings (SSSR count). The highest BCUT2D eigenvalue weighted by Gasteiger charge is 2.30. The lowest BCUT2D eigenvalue weighted by molar-refractivity contribution is -0.137. The van der Waals surface area contributed by atoms with Crippen molar-refractivity contribution in [3.8, 4) is 0 Å². The zero-order chi connectivity index (χ0) is 19.5. The number of hydrogen-bond acceptors (Lipinski definition) is 2. The van der Waals surface area contributed by atoms with Crippen LogP contribution in [0.4, 0.5) is 18.9 Å². The highest BCUT2D eigenvalue weighted by molar-refractivity contribution is 6.35. The third-order valence-corrected chi connectivity index (χ3v) is 4.32. The number of rotatable bonds is 5. The molecule has 0 aliphatic rings. The summed E-state index contributed by atoms with van der Waals surface area (Å²) < 4.78 is 37.8. The Morgan fingerprint density at radius 2 is 1.65 bits per heavy atom. The molecule has 2 aromatic carbocycles. The Morgan fingerprint density at radius 3 is 2.15 bits per heavy atom. The highest BCUT2D eigenvalue weighted by Crippen LogP contribution is 2.29. The number of amides is 1. The van der Waals surface area contributed by atoms with Gasteiger partial charge in [-0.2, -0.15) is 13.2 Å². The maximum atomic E-state index is 12.6. The van der Waals surface area contributed by atoms with Crippen molar-refractivity contribution < 1.29 is 18.0 Å². The molecule has 0 radical (unpaired) electrons. The summed E-state index contributed by atoms with van der Waals surface area (Å²) in [5, 5.41) is 3.52. The van der Waals surface area contributed by atoms with Gasteiger partial charge in [-0.05, 0) is 49.9 Å². The summed E-state index contributed by atoms with van der Waals surface area (Å²) in [6.45, 7) is 2.02. The van der Waals surface area contributed by atoms with Crippen LogP contribution in [0.3, 0.4) is 0 Å². The Balaban J connectivity index is 1.99. The fourth-order valence-corrected chi connectivity index (χ4v) is 2.82. The summed E-state index contributed by atoms with van der Waals surface area (Å²) in [5.74, 6) is -0.280. The third kappa shape index (κ3) is 5.62. The van der Waals surface area contributed by atoms with E-state index in [0.717, 1.165) is 12.1 Å². The fraction of sp³-hybridized carbons (Fsp3) is 0.278. The van der Waals surface area contributed by atoms with Gasteiger partial charge in [-0.25, -0.2) is 0 Å². The molecule has 0 aliphatic carbocycles. The molecular weight excluding hydrogens is 388 g/mol. The molecule has 140 valence electrons. The summed E-state index contributed by atoms with van der Waals surface area (Å²) in [6, 6.07) is 9.06. The lowest BCUT2D eigenvalue weighted by Crippen LogP contribution is -2.39. The van der Waals surface area contributed by atoms with Gasteiger partial charge in [-0.3, -0.25) is 9.69 Å². The van der Waals surface area contributed by atoms with Gasteiger partial charge in [0, 0.05) is 22.3 Å². The van der Waals surface area contributed by atoms with E-state index < -0.39 is 17.8 Å². The molecule has 0 saturated carbocycles. The molecule has 0 heterocycles. The molecule has 0 fully saturated rings. The lowest BCUT2D eigenvalue weighted by Gasteiger charge is -2.24. The third-order valence-electron chi connectivity index (χ3n) is 3.88. The molecule has 3 nitrogen and oxygen atoms in total. The zero-order valence-electron chi connectivity index (χ0n) is 14.1. The van der Waals surface area contributed by atoms with E-state index in [1.807, 2.05) is 0 Å². The first-order valence-electron chi connectivity index (χ1n) is 7.69. The number of nitrogens with one attached hydrogen (secondary N) is 1. The van der Waals surface area contributed by atoms with Crippen molar-refractivity contribution >= 4 is 34.8 Å². The maximum absolute atomic E-state index is 12.6. The van der Waals surface area contributed by atoms with Crippen LogP contribution < -0.4 is 5.32 Å². The van der Waals surface area contributed by atoms with Crippen molar-refractivity contribution in [1.29, 1.82) is 0 Å². The first kappa shape index (κ1) is 20.6. The molecule has 0 bridgehead atoms. The summed E-state index contributed by atoms with van der Waals surface area (Å²) in [6.07, 6.45) is -4.37. The van der Waals surface area contributed by atoms with E-state index in [0.29, 0.717) is 27.8 Å². The summed E-state index contributed by atoms with van der Waals surface area (Å²) in [5.41, 5.74) is 0.445. The standard InChI is InChI=1S/C18H17Cl2F3N2O/c1-11(17(26)24-16-8-14(19)7-15(20)9-16)25(2)10-12-3-5-13(6-4-12)18(21,22)23/h3-9,11H,10H2,1-2H3,(H,24,26)/t11-/m0/s1. The molecule has 1 amide bonds. The summed E-state index contributed by atoms with van der Waals surface area (Å²) in [7, 11) is 1.72. The average Bonchev–Trinajstić information content (AvgIpc) is 2.52. The van der Waals surface area contributed by atoms with Crippen LogP contribution in [0.15, 0.2) is 42.5 Å². The summed E-state index contributed by atoms with van der Waals surface area (Å²) in [4.78, 5) is 14.1. The number of benzene rings is 2. The maximum Gasteiger partial charge on any atom is 0.416 e. The smallest absolute Gasteiger partial charge is 0.325 e. The number of likely N-dealkylation sites (N-methyl/N-ethyl adjacent to an activating group) is 1. The molecule has 0 aliphatic heterocycles. The number of anilines is 1. The Hall–Kier alpha value is -1.76. The molecule has 26 heavy (non-hydrogen) atoms. The molecule has 1 N–H and O–H groups in total. The van der Waals surface area contributed by atoms with Gasteiger partial charge in [-0.1, -0.05) is 35.3 Å². The fourth-order valence-electron chi connectivity index (χ4n) is 2.30. The number of nitrogens with zero attached hydrogens (tertiary/aromatic N) is 1. The molecule has 8 heteroatoms. The SMILES string of the molecule is C[C@@H](C(=O)Nc1cc(Cl)cc(Cl)c1)N(C)Cc1ccc(C(F)(F)F)cc1. The van der Waals surface area contributed by atoms with Gasteiger partial charge in [0.2, 0.25) is 5.91 Å². The van der Waals surface area contributed by atoms with Gasteiger partial charge >= 0.3 is 6.18 Å². The van der Waals surface area contributed by atoms with Gasteiger partial charge in [-0.15, -0.1) is 0 Å². The van der Waals surface area contributed by atoms with Crippen molar-refractivity contribution in [2.45, 2.75) is 25.7 Å². The van der Waals surface area contributed by atoms with E-state index in [1.54, 1.807) is 37.1 Å². The summed E-state index contributed by atoms with van der Waals surface area (Å²) >= 11 is 11.8. The topological polar surface area (TPSA) is 32.3 Å². The van der Waals surface area contributed by atoms with Crippen LogP contribution in [-0.4, -0.2) is 23.9 Å².